The van der Waals surface area contributed by atoms with E-state index in [1.54, 1.807) is 25.5 Å². The second-order valence-electron chi connectivity index (χ2n) is 5.09. The number of benzene rings is 2. The molecule has 0 aliphatic rings. The van der Waals surface area contributed by atoms with E-state index in [4.69, 9.17) is 4.74 Å². The average Bonchev–Trinajstić information content (AvgIpc) is 2.57. The molecule has 5 heteroatoms. The Balaban J connectivity index is 1.72. The van der Waals surface area contributed by atoms with Gasteiger partial charge < -0.3 is 9.84 Å². The van der Waals surface area contributed by atoms with Crippen LogP contribution < -0.4 is 10.2 Å². The molecular formula is C18H20N2O3. The predicted molar refractivity (Wildman–Crippen MR) is 89.8 cm³/mol. The minimum Gasteiger partial charge on any atom is -0.508 e. The Hall–Kier alpha value is -2.82. The molecule has 0 aliphatic heterocycles. The number of methoxy groups -OCH3 is 1. The van der Waals surface area contributed by atoms with Crippen LogP contribution in [0.1, 0.15) is 24.0 Å². The molecule has 2 aromatic carbocycles. The van der Waals surface area contributed by atoms with Crippen LogP contribution in [0.3, 0.4) is 0 Å². The highest BCUT2D eigenvalue weighted by atomic mass is 16.5. The van der Waals surface area contributed by atoms with Crippen LogP contribution in [0.4, 0.5) is 0 Å². The number of rotatable bonds is 7. The lowest BCUT2D eigenvalue weighted by atomic mass is 10.1. The van der Waals surface area contributed by atoms with E-state index < -0.39 is 0 Å². The first-order valence-corrected chi connectivity index (χ1v) is 7.41. The number of aromatic hydroxyl groups is 1. The summed E-state index contributed by atoms with van der Waals surface area (Å²) in [6.07, 6.45) is 3.50. The first-order valence-electron chi connectivity index (χ1n) is 7.41. The van der Waals surface area contributed by atoms with Crippen molar-refractivity contribution in [1.82, 2.24) is 5.43 Å². The third-order valence-electron chi connectivity index (χ3n) is 3.30. The third kappa shape index (κ3) is 5.82. The zero-order chi connectivity index (χ0) is 16.5. The Kier molecular flexibility index (Phi) is 6.17. The van der Waals surface area contributed by atoms with Crippen LogP contribution in [0.25, 0.3) is 0 Å². The lowest BCUT2D eigenvalue weighted by Crippen LogP contribution is -2.17. The van der Waals surface area contributed by atoms with Gasteiger partial charge in [0.2, 0.25) is 5.91 Å². The molecule has 0 saturated carbocycles. The summed E-state index contributed by atoms with van der Waals surface area (Å²) in [5.41, 5.74) is 4.46. The molecule has 120 valence electrons. The molecule has 0 atom stereocenters. The minimum atomic E-state index is -0.122. The molecule has 0 saturated heterocycles. The lowest BCUT2D eigenvalue weighted by molar-refractivity contribution is -0.121. The lowest BCUT2D eigenvalue weighted by Gasteiger charge is -2.02. The van der Waals surface area contributed by atoms with Crippen molar-refractivity contribution in [3.63, 3.8) is 0 Å². The molecule has 0 aliphatic carbocycles. The number of hydrogen-bond acceptors (Lipinski definition) is 4. The van der Waals surface area contributed by atoms with Crippen LogP contribution in [-0.4, -0.2) is 24.3 Å². The Morgan fingerprint density at radius 2 is 2.04 bits per heavy atom. The number of carbonyl (C=O) groups excluding carboxylic acids is 1. The molecule has 0 radical (unpaired) electrons. The number of amides is 1. The highest BCUT2D eigenvalue weighted by molar-refractivity contribution is 5.82. The summed E-state index contributed by atoms with van der Waals surface area (Å²) in [6.45, 7) is 0. The molecule has 23 heavy (non-hydrogen) atoms. The Bertz CT molecular complexity index is 666. The van der Waals surface area contributed by atoms with E-state index in [0.29, 0.717) is 6.42 Å². The predicted octanol–water partition coefficient (Wildman–Crippen LogP) is 2.87. The topological polar surface area (TPSA) is 70.9 Å². The molecule has 0 heterocycles. The van der Waals surface area contributed by atoms with Crippen LogP contribution in [0.2, 0.25) is 0 Å². The summed E-state index contributed by atoms with van der Waals surface area (Å²) in [4.78, 5) is 11.7. The van der Waals surface area contributed by atoms with Gasteiger partial charge in [0.25, 0.3) is 0 Å². The molecule has 2 N–H and O–H groups in total. The smallest absolute Gasteiger partial charge is 0.240 e. The van der Waals surface area contributed by atoms with Gasteiger partial charge in [-0.15, -0.1) is 0 Å². The number of phenolic OH excluding ortho intramolecular Hbond substituents is 1. The first kappa shape index (κ1) is 16.5. The van der Waals surface area contributed by atoms with Gasteiger partial charge in [-0.05, 0) is 48.2 Å². The van der Waals surface area contributed by atoms with Gasteiger partial charge in [0.05, 0.1) is 13.3 Å². The maximum atomic E-state index is 11.7. The molecule has 0 aromatic heterocycles. The standard InChI is InChI=1S/C18H20N2O3/c1-23-17-6-2-5-15(12-17)13-19-20-18(22)7-3-4-14-8-10-16(21)11-9-14/h2,5-6,8-13,21H,3-4,7H2,1H3,(H,20,22)/b19-13+. The number of hydrogen-bond donors (Lipinski definition) is 2. The molecule has 0 spiro atoms. The number of ether oxygens (including phenoxy) is 1. The molecular weight excluding hydrogens is 292 g/mol. The Morgan fingerprint density at radius 3 is 2.78 bits per heavy atom. The van der Waals surface area contributed by atoms with Gasteiger partial charge in [-0.1, -0.05) is 24.3 Å². The van der Waals surface area contributed by atoms with Crippen molar-refractivity contribution < 1.29 is 14.6 Å². The van der Waals surface area contributed by atoms with Gasteiger partial charge in [0, 0.05) is 6.42 Å². The van der Waals surface area contributed by atoms with Crippen LogP contribution in [-0.2, 0) is 11.2 Å². The average molecular weight is 312 g/mol. The van der Waals surface area contributed by atoms with Gasteiger partial charge in [-0.25, -0.2) is 5.43 Å². The molecule has 2 rings (SSSR count). The molecule has 0 unspecified atom stereocenters. The van der Waals surface area contributed by atoms with Crippen LogP contribution in [0, 0.1) is 0 Å². The van der Waals surface area contributed by atoms with Gasteiger partial charge in [-0.3, -0.25) is 4.79 Å². The van der Waals surface area contributed by atoms with E-state index in [-0.39, 0.29) is 11.7 Å². The van der Waals surface area contributed by atoms with E-state index in [0.717, 1.165) is 29.7 Å². The SMILES string of the molecule is COc1cccc(/C=N/NC(=O)CCCc2ccc(O)cc2)c1. The van der Waals surface area contributed by atoms with Crippen molar-refractivity contribution in [3.05, 3.63) is 59.7 Å². The van der Waals surface area contributed by atoms with Crippen molar-refractivity contribution in [2.45, 2.75) is 19.3 Å². The maximum Gasteiger partial charge on any atom is 0.240 e. The normalized spacial score (nSPS) is 10.7. The molecule has 1 amide bonds. The summed E-state index contributed by atoms with van der Waals surface area (Å²) >= 11 is 0. The first-order chi connectivity index (χ1) is 11.2. The van der Waals surface area contributed by atoms with Crippen molar-refractivity contribution in [2.75, 3.05) is 7.11 Å². The third-order valence-corrected chi connectivity index (χ3v) is 3.30. The van der Waals surface area contributed by atoms with Gasteiger partial charge in [0.15, 0.2) is 0 Å². The Labute approximate surface area is 135 Å². The van der Waals surface area contributed by atoms with E-state index in [9.17, 15) is 9.90 Å². The number of nitrogens with zero attached hydrogens (tertiary/aromatic N) is 1. The number of carbonyl (C=O) groups is 1. The summed E-state index contributed by atoms with van der Waals surface area (Å²) in [5, 5.41) is 13.1. The van der Waals surface area contributed by atoms with Crippen molar-refractivity contribution in [3.8, 4) is 11.5 Å². The molecule has 0 bridgehead atoms. The fourth-order valence-electron chi connectivity index (χ4n) is 2.07. The second kappa shape index (κ2) is 8.58. The summed E-state index contributed by atoms with van der Waals surface area (Å²) in [6, 6.07) is 14.4. The van der Waals surface area contributed by atoms with Crippen molar-refractivity contribution in [2.24, 2.45) is 5.10 Å². The van der Waals surface area contributed by atoms with Crippen LogP contribution >= 0.6 is 0 Å². The fraction of sp³-hybridized carbons (Fsp3) is 0.222. The largest absolute Gasteiger partial charge is 0.508 e. The summed E-state index contributed by atoms with van der Waals surface area (Å²) in [7, 11) is 1.60. The van der Waals surface area contributed by atoms with Gasteiger partial charge in [-0.2, -0.15) is 5.10 Å². The second-order valence-corrected chi connectivity index (χ2v) is 5.09. The minimum absolute atomic E-state index is 0.122. The summed E-state index contributed by atoms with van der Waals surface area (Å²) < 4.78 is 5.12. The van der Waals surface area contributed by atoms with Gasteiger partial charge >= 0.3 is 0 Å². The Morgan fingerprint density at radius 1 is 1.26 bits per heavy atom. The van der Waals surface area contributed by atoms with Crippen molar-refractivity contribution >= 4 is 12.1 Å². The van der Waals surface area contributed by atoms with Crippen LogP contribution in [0.5, 0.6) is 11.5 Å². The van der Waals surface area contributed by atoms with E-state index in [2.05, 4.69) is 10.5 Å². The van der Waals surface area contributed by atoms with E-state index in [1.807, 2.05) is 36.4 Å². The number of aryl methyl sites for hydroxylation is 1. The quantitative estimate of drug-likeness (QED) is 0.610. The molecule has 2 aromatic rings. The number of phenols is 1. The number of nitrogens with one attached hydrogen (secondary N) is 1. The molecule has 5 nitrogen and oxygen atoms in total. The van der Waals surface area contributed by atoms with E-state index >= 15 is 0 Å². The highest BCUT2D eigenvalue weighted by Crippen LogP contribution is 2.12. The zero-order valence-corrected chi connectivity index (χ0v) is 13.0. The van der Waals surface area contributed by atoms with E-state index in [1.165, 1.54) is 0 Å². The maximum absolute atomic E-state index is 11.7. The monoisotopic (exact) mass is 312 g/mol. The zero-order valence-electron chi connectivity index (χ0n) is 13.0. The summed E-state index contributed by atoms with van der Waals surface area (Å²) in [5.74, 6) is 0.871. The van der Waals surface area contributed by atoms with Crippen molar-refractivity contribution in [1.29, 1.82) is 0 Å². The highest BCUT2D eigenvalue weighted by Gasteiger charge is 2.00. The van der Waals surface area contributed by atoms with Gasteiger partial charge in [0.1, 0.15) is 11.5 Å². The number of hydrazone groups is 1. The fourth-order valence-corrected chi connectivity index (χ4v) is 2.07. The van der Waals surface area contributed by atoms with Crippen LogP contribution in [0.15, 0.2) is 53.6 Å². The molecule has 0 fully saturated rings.